The fraction of sp³-hybridized carbons (Fsp3) is 0.625. The van der Waals surface area contributed by atoms with Crippen LogP contribution in [0.3, 0.4) is 0 Å². The minimum absolute atomic E-state index is 0.00417. The lowest BCUT2D eigenvalue weighted by Gasteiger charge is -2.34. The van der Waals surface area contributed by atoms with Gasteiger partial charge in [-0.05, 0) is 25.0 Å². The summed E-state index contributed by atoms with van der Waals surface area (Å²) >= 11 is 0. The van der Waals surface area contributed by atoms with Crippen LogP contribution < -0.4 is 10.6 Å². The molecular weight excluding hydrogens is 340 g/mol. The van der Waals surface area contributed by atoms with E-state index in [0.29, 0.717) is 38.2 Å². The van der Waals surface area contributed by atoms with Crippen molar-refractivity contribution in [3.8, 4) is 0 Å². The molecule has 0 amide bonds. The number of aliphatic imine (C=N–C) groups is 1. The van der Waals surface area contributed by atoms with Crippen molar-refractivity contribution >= 4 is 21.8 Å². The van der Waals surface area contributed by atoms with Crippen LogP contribution in [-0.2, 0) is 10.0 Å². The number of anilines is 1. The van der Waals surface area contributed by atoms with Crippen LogP contribution in [-0.4, -0.2) is 80.1 Å². The lowest BCUT2D eigenvalue weighted by atomic mass is 10.3. The van der Waals surface area contributed by atoms with Crippen LogP contribution in [0.25, 0.3) is 0 Å². The molecule has 9 heteroatoms. The van der Waals surface area contributed by atoms with Crippen LogP contribution in [0, 0.1) is 0 Å². The first-order chi connectivity index (χ1) is 12.0. The Kier molecular flexibility index (Phi) is 5.43. The molecule has 2 fully saturated rings. The van der Waals surface area contributed by atoms with Crippen LogP contribution in [0.1, 0.15) is 12.8 Å². The Bertz CT molecular complexity index is 697. The lowest BCUT2D eigenvalue weighted by Crippen LogP contribution is -2.49. The number of nitrogens with two attached hydrogens (primary N) is 1. The van der Waals surface area contributed by atoms with Gasteiger partial charge in [0, 0.05) is 45.5 Å². The summed E-state index contributed by atoms with van der Waals surface area (Å²) < 4.78 is 26.5. The van der Waals surface area contributed by atoms with E-state index in [0.717, 1.165) is 18.7 Å². The largest absolute Gasteiger partial charge is 0.370 e. The smallest absolute Gasteiger partial charge is 0.216 e. The molecule has 1 aliphatic heterocycles. The minimum atomic E-state index is -3.31. The van der Waals surface area contributed by atoms with Gasteiger partial charge >= 0.3 is 0 Å². The third-order valence-corrected chi connectivity index (χ3v) is 6.53. The molecule has 0 unspecified atom stereocenters. The number of piperazine rings is 1. The highest BCUT2D eigenvalue weighted by molar-refractivity contribution is 7.89. The maximum absolute atomic E-state index is 12.5. The number of sulfonamides is 1. The minimum Gasteiger partial charge on any atom is -0.370 e. The van der Waals surface area contributed by atoms with Crippen molar-refractivity contribution in [3.05, 3.63) is 24.4 Å². The number of rotatable bonds is 6. The highest BCUT2D eigenvalue weighted by Gasteiger charge is 2.28. The second-order valence-electron chi connectivity index (χ2n) is 6.47. The maximum atomic E-state index is 12.5. The van der Waals surface area contributed by atoms with E-state index in [1.807, 2.05) is 30.1 Å². The number of hydrogen-bond acceptors (Lipinski definition) is 5. The van der Waals surface area contributed by atoms with Crippen molar-refractivity contribution in [1.29, 1.82) is 0 Å². The second kappa shape index (κ2) is 7.57. The fourth-order valence-corrected chi connectivity index (χ4v) is 4.20. The Labute approximate surface area is 149 Å². The third kappa shape index (κ3) is 4.60. The summed E-state index contributed by atoms with van der Waals surface area (Å²) in [6, 6.07) is 6.22. The summed E-state index contributed by atoms with van der Waals surface area (Å²) in [6.45, 7) is 2.43. The van der Waals surface area contributed by atoms with Gasteiger partial charge in [-0.25, -0.2) is 13.4 Å². The molecule has 1 aliphatic carbocycles. The maximum Gasteiger partial charge on any atom is 0.216 e. The molecule has 8 nitrogen and oxygen atoms in total. The van der Waals surface area contributed by atoms with E-state index in [1.54, 1.807) is 10.5 Å². The van der Waals surface area contributed by atoms with Crippen LogP contribution >= 0.6 is 0 Å². The number of aromatic nitrogens is 1. The molecule has 0 spiro atoms. The van der Waals surface area contributed by atoms with Gasteiger partial charge < -0.3 is 15.5 Å². The first-order valence-electron chi connectivity index (χ1n) is 8.64. The van der Waals surface area contributed by atoms with Gasteiger partial charge in [0.1, 0.15) is 5.82 Å². The molecule has 2 heterocycles. The summed E-state index contributed by atoms with van der Waals surface area (Å²) in [6.07, 6.45) is 4.01. The Morgan fingerprint density at radius 3 is 2.64 bits per heavy atom. The molecule has 3 rings (SSSR count). The van der Waals surface area contributed by atoms with Crippen molar-refractivity contribution in [2.45, 2.75) is 18.9 Å². The molecule has 1 aromatic heterocycles. The SMILES string of the molecule is CN(C(N)=NCCS(=O)(=O)N1CCN(c2ccccn2)CC1)C1CC1. The summed E-state index contributed by atoms with van der Waals surface area (Å²) in [4.78, 5) is 12.6. The van der Waals surface area contributed by atoms with Gasteiger partial charge in [0.15, 0.2) is 5.96 Å². The van der Waals surface area contributed by atoms with E-state index in [9.17, 15) is 8.42 Å². The molecule has 25 heavy (non-hydrogen) atoms. The first kappa shape index (κ1) is 17.9. The van der Waals surface area contributed by atoms with Gasteiger partial charge in [-0.15, -0.1) is 0 Å². The first-order valence-corrected chi connectivity index (χ1v) is 10.2. The lowest BCUT2D eigenvalue weighted by molar-refractivity contribution is 0.384. The van der Waals surface area contributed by atoms with E-state index < -0.39 is 10.0 Å². The second-order valence-corrected chi connectivity index (χ2v) is 8.56. The zero-order valence-electron chi connectivity index (χ0n) is 14.6. The molecule has 0 atom stereocenters. The molecule has 0 aromatic carbocycles. The van der Waals surface area contributed by atoms with Gasteiger partial charge in [0.25, 0.3) is 0 Å². The molecule has 0 radical (unpaired) electrons. The summed E-state index contributed by atoms with van der Waals surface area (Å²) in [5.41, 5.74) is 5.90. The van der Waals surface area contributed by atoms with E-state index in [1.165, 1.54) is 0 Å². The van der Waals surface area contributed by atoms with E-state index >= 15 is 0 Å². The topological polar surface area (TPSA) is 95.1 Å². The fourth-order valence-electron chi connectivity index (χ4n) is 2.90. The summed E-state index contributed by atoms with van der Waals surface area (Å²) in [5, 5.41) is 0. The Hall–Kier alpha value is -1.87. The molecule has 1 saturated heterocycles. The molecule has 2 N–H and O–H groups in total. The van der Waals surface area contributed by atoms with Gasteiger partial charge in [-0.2, -0.15) is 4.31 Å². The number of nitrogens with zero attached hydrogens (tertiary/aromatic N) is 5. The number of hydrogen-bond donors (Lipinski definition) is 1. The quantitative estimate of drug-likeness (QED) is 0.560. The predicted molar refractivity (Wildman–Crippen MR) is 99.1 cm³/mol. The third-order valence-electron chi connectivity index (χ3n) is 4.68. The van der Waals surface area contributed by atoms with Crippen LogP contribution in [0.15, 0.2) is 29.4 Å². The van der Waals surface area contributed by atoms with Gasteiger partial charge in [0.2, 0.25) is 10.0 Å². The van der Waals surface area contributed by atoms with E-state index in [-0.39, 0.29) is 12.3 Å². The van der Waals surface area contributed by atoms with Crippen molar-refractivity contribution in [2.75, 3.05) is 50.4 Å². The monoisotopic (exact) mass is 366 g/mol. The summed E-state index contributed by atoms with van der Waals surface area (Å²) in [5.74, 6) is 1.31. The Morgan fingerprint density at radius 1 is 1.32 bits per heavy atom. The van der Waals surface area contributed by atoms with Gasteiger partial charge in [-0.1, -0.05) is 6.07 Å². The van der Waals surface area contributed by atoms with Crippen LogP contribution in [0.2, 0.25) is 0 Å². The van der Waals surface area contributed by atoms with Gasteiger partial charge in [0.05, 0.1) is 12.3 Å². The van der Waals surface area contributed by atoms with Crippen molar-refractivity contribution in [3.63, 3.8) is 0 Å². The van der Waals surface area contributed by atoms with Crippen LogP contribution in [0.5, 0.6) is 0 Å². The average molecular weight is 366 g/mol. The molecular formula is C16H26N6O2S. The van der Waals surface area contributed by atoms with Crippen molar-refractivity contribution in [1.82, 2.24) is 14.2 Å². The average Bonchev–Trinajstić information content (AvgIpc) is 3.47. The normalized spacial score (nSPS) is 19.9. The number of guanidine groups is 1. The molecule has 2 aliphatic rings. The van der Waals surface area contributed by atoms with Crippen molar-refractivity contribution in [2.24, 2.45) is 10.7 Å². The van der Waals surface area contributed by atoms with E-state index in [2.05, 4.69) is 14.9 Å². The highest BCUT2D eigenvalue weighted by atomic mass is 32.2. The molecule has 1 saturated carbocycles. The van der Waals surface area contributed by atoms with Crippen LogP contribution in [0.4, 0.5) is 5.82 Å². The molecule has 138 valence electrons. The highest BCUT2D eigenvalue weighted by Crippen LogP contribution is 2.24. The van der Waals surface area contributed by atoms with Gasteiger partial charge in [-0.3, -0.25) is 4.99 Å². The zero-order valence-corrected chi connectivity index (χ0v) is 15.4. The Morgan fingerprint density at radius 2 is 2.04 bits per heavy atom. The predicted octanol–water partition coefficient (Wildman–Crippen LogP) is -0.0577. The number of pyridine rings is 1. The Balaban J connectivity index is 1.49. The van der Waals surface area contributed by atoms with E-state index in [4.69, 9.17) is 5.73 Å². The van der Waals surface area contributed by atoms with Crippen molar-refractivity contribution < 1.29 is 8.42 Å². The molecule has 0 bridgehead atoms. The molecule has 1 aromatic rings. The standard InChI is InChI=1S/C16H26N6O2S/c1-20(14-5-6-14)16(17)19-8-13-25(23,24)22-11-9-21(10-12-22)15-4-2-3-7-18-15/h2-4,7,14H,5-6,8-13H2,1H3,(H2,17,19). The summed E-state index contributed by atoms with van der Waals surface area (Å²) in [7, 11) is -1.41. The zero-order chi connectivity index (χ0) is 17.9.